The van der Waals surface area contributed by atoms with Crippen molar-refractivity contribution in [3.8, 4) is 0 Å². The molecule has 0 saturated carbocycles. The quantitative estimate of drug-likeness (QED) is 0.433. The van der Waals surface area contributed by atoms with Crippen molar-refractivity contribution >= 4 is 45.3 Å². The lowest BCUT2D eigenvalue weighted by atomic mass is 10.2. The fraction of sp³-hybridized carbons (Fsp3) is 0.529. The van der Waals surface area contributed by atoms with Gasteiger partial charge in [-0.05, 0) is 18.2 Å². The van der Waals surface area contributed by atoms with Gasteiger partial charge in [0.2, 0.25) is 15.9 Å². The first-order chi connectivity index (χ1) is 14.0. The van der Waals surface area contributed by atoms with Crippen LogP contribution in [0.5, 0.6) is 0 Å². The highest BCUT2D eigenvalue weighted by atomic mass is 35.5. The summed E-state index contributed by atoms with van der Waals surface area (Å²) in [4.78, 5) is 24.2. The highest BCUT2D eigenvalue weighted by Crippen LogP contribution is 2.36. The van der Waals surface area contributed by atoms with Crippen molar-refractivity contribution in [3.63, 3.8) is 0 Å². The summed E-state index contributed by atoms with van der Waals surface area (Å²) in [5.41, 5.74) is -1.22. The van der Waals surface area contributed by atoms with Crippen LogP contribution in [0.4, 0.5) is 13.2 Å². The predicted molar refractivity (Wildman–Crippen MR) is 106 cm³/mol. The van der Waals surface area contributed by atoms with E-state index in [9.17, 15) is 31.2 Å². The Labute approximate surface area is 181 Å². The van der Waals surface area contributed by atoms with E-state index in [4.69, 9.17) is 11.6 Å². The van der Waals surface area contributed by atoms with Crippen LogP contribution in [-0.2, 0) is 30.5 Å². The molecular weight excluding hydrogens is 469 g/mol. The molecule has 30 heavy (non-hydrogen) atoms. The molecule has 0 unspecified atom stereocenters. The van der Waals surface area contributed by atoms with Crippen LogP contribution in [0.1, 0.15) is 12.0 Å². The van der Waals surface area contributed by atoms with Crippen LogP contribution < -0.4 is 0 Å². The third-order valence-electron chi connectivity index (χ3n) is 4.38. The van der Waals surface area contributed by atoms with E-state index in [1.54, 1.807) is 0 Å². The summed E-state index contributed by atoms with van der Waals surface area (Å²) in [7, 11) is -2.89. The fourth-order valence-corrected chi connectivity index (χ4v) is 5.16. The number of sulfonamides is 1. The maximum absolute atomic E-state index is 13.0. The Balaban J connectivity index is 1.96. The van der Waals surface area contributed by atoms with E-state index in [-0.39, 0.29) is 50.2 Å². The average Bonchev–Trinajstić information content (AvgIpc) is 2.70. The van der Waals surface area contributed by atoms with E-state index in [1.165, 1.54) is 23.8 Å². The number of thioether (sulfide) groups is 1. The van der Waals surface area contributed by atoms with Gasteiger partial charge in [0.1, 0.15) is 0 Å². The van der Waals surface area contributed by atoms with Crippen molar-refractivity contribution in [2.75, 3.05) is 44.8 Å². The SMILES string of the molecule is COC(=O)CSCCC(=O)N1CCN(S(=O)(=O)c2ccc(Cl)c(C(F)(F)F)c2)CC1. The van der Waals surface area contributed by atoms with Crippen LogP contribution in [-0.4, -0.2) is 74.3 Å². The van der Waals surface area contributed by atoms with Crippen molar-refractivity contribution < 1.29 is 35.9 Å². The number of ether oxygens (including phenoxy) is 1. The van der Waals surface area contributed by atoms with Crippen LogP contribution in [0.3, 0.4) is 0 Å². The maximum Gasteiger partial charge on any atom is 0.417 e. The molecule has 7 nitrogen and oxygen atoms in total. The van der Waals surface area contributed by atoms with E-state index < -0.39 is 31.7 Å². The Morgan fingerprint density at radius 2 is 1.83 bits per heavy atom. The number of amides is 1. The van der Waals surface area contributed by atoms with Gasteiger partial charge in [0, 0.05) is 38.4 Å². The standard InChI is InChI=1S/C17H20ClF3N2O5S2/c1-28-16(25)11-29-9-4-15(24)22-5-7-23(8-6-22)30(26,27)12-2-3-14(18)13(10-12)17(19,20)21/h2-3,10H,4-9,11H2,1H3. The summed E-state index contributed by atoms with van der Waals surface area (Å²) in [5, 5.41) is -0.582. The fourth-order valence-electron chi connectivity index (χ4n) is 2.74. The molecule has 0 spiro atoms. The molecular formula is C17H20ClF3N2O5S2. The highest BCUT2D eigenvalue weighted by molar-refractivity contribution is 7.99. The molecule has 1 aliphatic rings. The van der Waals surface area contributed by atoms with Crippen molar-refractivity contribution in [1.29, 1.82) is 0 Å². The number of benzene rings is 1. The van der Waals surface area contributed by atoms with Crippen LogP contribution in [0.15, 0.2) is 23.1 Å². The summed E-state index contributed by atoms with van der Waals surface area (Å²) >= 11 is 6.80. The number of carbonyl (C=O) groups is 2. The number of esters is 1. The highest BCUT2D eigenvalue weighted by Gasteiger charge is 2.36. The van der Waals surface area contributed by atoms with Gasteiger partial charge in [-0.3, -0.25) is 9.59 Å². The zero-order chi connectivity index (χ0) is 22.5. The van der Waals surface area contributed by atoms with E-state index in [0.29, 0.717) is 11.8 Å². The van der Waals surface area contributed by atoms with E-state index in [2.05, 4.69) is 4.74 Å². The second-order valence-corrected chi connectivity index (χ2v) is 9.75. The van der Waals surface area contributed by atoms with Gasteiger partial charge in [0.25, 0.3) is 0 Å². The number of piperazine rings is 1. The average molecular weight is 489 g/mol. The number of hydrogen-bond donors (Lipinski definition) is 0. The summed E-state index contributed by atoms with van der Waals surface area (Å²) < 4.78 is 70.1. The Morgan fingerprint density at radius 1 is 1.20 bits per heavy atom. The molecule has 168 valence electrons. The topological polar surface area (TPSA) is 84.0 Å². The number of carbonyl (C=O) groups excluding carboxylic acids is 2. The summed E-state index contributed by atoms with van der Waals surface area (Å²) in [6, 6.07) is 2.46. The summed E-state index contributed by atoms with van der Waals surface area (Å²) in [6.07, 6.45) is -4.60. The van der Waals surface area contributed by atoms with Crippen LogP contribution in [0, 0.1) is 0 Å². The number of nitrogens with zero attached hydrogens (tertiary/aromatic N) is 2. The summed E-state index contributed by atoms with van der Waals surface area (Å²) in [5.74, 6) is -0.0220. The first-order valence-electron chi connectivity index (χ1n) is 8.76. The van der Waals surface area contributed by atoms with Gasteiger partial charge in [-0.2, -0.15) is 17.5 Å². The first-order valence-corrected chi connectivity index (χ1v) is 11.7. The van der Waals surface area contributed by atoms with Crippen LogP contribution in [0.25, 0.3) is 0 Å². The minimum Gasteiger partial charge on any atom is -0.468 e. The Morgan fingerprint density at radius 3 is 2.40 bits per heavy atom. The molecule has 1 aromatic rings. The molecule has 1 saturated heterocycles. The number of halogens is 4. The number of alkyl halides is 3. The normalized spacial score (nSPS) is 15.8. The molecule has 1 heterocycles. The smallest absolute Gasteiger partial charge is 0.417 e. The van der Waals surface area contributed by atoms with Crippen molar-refractivity contribution in [3.05, 3.63) is 28.8 Å². The molecule has 0 aromatic heterocycles. The Bertz CT molecular complexity index is 888. The predicted octanol–water partition coefficient (Wildman–Crippen LogP) is 2.49. The molecule has 0 aliphatic carbocycles. The van der Waals surface area contributed by atoms with Crippen LogP contribution in [0.2, 0.25) is 5.02 Å². The minimum absolute atomic E-state index is 0.0344. The second-order valence-electron chi connectivity index (χ2n) is 6.30. The van der Waals surface area contributed by atoms with Gasteiger partial charge < -0.3 is 9.64 Å². The molecule has 1 aliphatic heterocycles. The number of rotatable bonds is 7. The monoisotopic (exact) mass is 488 g/mol. The largest absolute Gasteiger partial charge is 0.468 e. The van der Waals surface area contributed by atoms with Gasteiger partial charge in [-0.1, -0.05) is 11.6 Å². The molecule has 13 heteroatoms. The third kappa shape index (κ3) is 6.25. The zero-order valence-electron chi connectivity index (χ0n) is 15.9. The molecule has 0 bridgehead atoms. The van der Waals surface area contributed by atoms with E-state index >= 15 is 0 Å². The van der Waals surface area contributed by atoms with Gasteiger partial charge in [-0.15, -0.1) is 11.8 Å². The second kappa shape index (κ2) is 10.2. The molecule has 0 N–H and O–H groups in total. The molecule has 1 amide bonds. The van der Waals surface area contributed by atoms with Crippen molar-refractivity contribution in [2.45, 2.75) is 17.5 Å². The number of methoxy groups -OCH3 is 1. The third-order valence-corrected chi connectivity index (χ3v) is 7.54. The van der Waals surface area contributed by atoms with Gasteiger partial charge in [0.05, 0.1) is 28.3 Å². The lowest BCUT2D eigenvalue weighted by Gasteiger charge is -2.34. The van der Waals surface area contributed by atoms with Crippen molar-refractivity contribution in [1.82, 2.24) is 9.21 Å². The molecule has 0 radical (unpaired) electrons. The zero-order valence-corrected chi connectivity index (χ0v) is 18.3. The van der Waals surface area contributed by atoms with E-state index in [1.807, 2.05) is 0 Å². The molecule has 0 atom stereocenters. The van der Waals surface area contributed by atoms with Gasteiger partial charge in [-0.25, -0.2) is 8.42 Å². The lowest BCUT2D eigenvalue weighted by molar-refractivity contribution is -0.138. The first kappa shape index (κ1) is 24.8. The number of hydrogen-bond acceptors (Lipinski definition) is 6. The summed E-state index contributed by atoms with van der Waals surface area (Å²) in [6.45, 7) is 0.180. The molecule has 1 fully saturated rings. The molecule has 2 rings (SSSR count). The lowest BCUT2D eigenvalue weighted by Crippen LogP contribution is -2.50. The maximum atomic E-state index is 13.0. The Hall–Kier alpha value is -1.50. The van der Waals surface area contributed by atoms with Crippen molar-refractivity contribution in [2.24, 2.45) is 0 Å². The Kier molecular flexibility index (Phi) is 8.43. The van der Waals surface area contributed by atoms with Crippen LogP contribution >= 0.6 is 23.4 Å². The van der Waals surface area contributed by atoms with Gasteiger partial charge in [0.15, 0.2) is 0 Å². The minimum atomic E-state index is -4.78. The van der Waals surface area contributed by atoms with E-state index in [0.717, 1.165) is 16.4 Å². The van der Waals surface area contributed by atoms with Gasteiger partial charge >= 0.3 is 12.1 Å². The molecule has 1 aromatic carbocycles.